The Labute approximate surface area is 193 Å². The van der Waals surface area contributed by atoms with Crippen LogP contribution >= 0.6 is 0 Å². The Balaban J connectivity index is 1.43. The van der Waals surface area contributed by atoms with E-state index in [1.54, 1.807) is 0 Å². The van der Waals surface area contributed by atoms with Crippen LogP contribution in [0.1, 0.15) is 126 Å². The van der Waals surface area contributed by atoms with Crippen LogP contribution in [0.25, 0.3) is 0 Å². The zero-order chi connectivity index (χ0) is 22.6. The van der Waals surface area contributed by atoms with Gasteiger partial charge in [0, 0.05) is 11.8 Å². The number of fused-ring (bicyclic) bond motifs is 5. The van der Waals surface area contributed by atoms with Gasteiger partial charge in [0.25, 0.3) is 0 Å². The number of Topliss-reactive ketones (excluding diaryl/α,β-unsaturated/α-hetero) is 1. The van der Waals surface area contributed by atoms with Crippen molar-refractivity contribution in [2.75, 3.05) is 0 Å². The van der Waals surface area contributed by atoms with Gasteiger partial charge in [0.1, 0.15) is 5.78 Å². The van der Waals surface area contributed by atoms with Gasteiger partial charge in [0.15, 0.2) is 0 Å². The van der Waals surface area contributed by atoms with Gasteiger partial charge in [-0.2, -0.15) is 0 Å². The summed E-state index contributed by atoms with van der Waals surface area (Å²) < 4.78 is 0. The molecule has 0 unspecified atom stereocenters. The molecule has 8 atom stereocenters. The molecule has 178 valence electrons. The molecule has 0 N–H and O–H groups in total. The van der Waals surface area contributed by atoms with E-state index in [0.717, 1.165) is 42.4 Å². The molecule has 0 saturated heterocycles. The minimum Gasteiger partial charge on any atom is -0.299 e. The van der Waals surface area contributed by atoms with E-state index in [4.69, 9.17) is 0 Å². The van der Waals surface area contributed by atoms with E-state index in [1.165, 1.54) is 64.2 Å². The van der Waals surface area contributed by atoms with Crippen LogP contribution in [0.2, 0.25) is 0 Å². The lowest BCUT2D eigenvalue weighted by molar-refractivity contribution is -0.130. The quantitative estimate of drug-likeness (QED) is 0.413. The first-order valence-electron chi connectivity index (χ1n) is 14.0. The summed E-state index contributed by atoms with van der Waals surface area (Å²) in [5, 5.41) is 0. The van der Waals surface area contributed by atoms with Crippen molar-refractivity contribution in [2.24, 2.45) is 57.7 Å². The van der Waals surface area contributed by atoms with Crippen molar-refractivity contribution in [1.82, 2.24) is 0 Å². The van der Waals surface area contributed by atoms with E-state index < -0.39 is 0 Å². The van der Waals surface area contributed by atoms with Gasteiger partial charge >= 0.3 is 0 Å². The first kappa shape index (κ1) is 23.8. The summed E-state index contributed by atoms with van der Waals surface area (Å²) >= 11 is 0. The van der Waals surface area contributed by atoms with Crippen LogP contribution < -0.4 is 0 Å². The fourth-order valence-corrected chi connectivity index (χ4v) is 9.47. The summed E-state index contributed by atoms with van der Waals surface area (Å²) in [6.07, 6.45) is 16.8. The van der Waals surface area contributed by atoms with Crippen molar-refractivity contribution in [3.05, 3.63) is 0 Å². The third-order valence-corrected chi connectivity index (χ3v) is 12.3. The Morgan fingerprint density at radius 1 is 0.871 bits per heavy atom. The van der Waals surface area contributed by atoms with Crippen LogP contribution in [0.15, 0.2) is 0 Å². The van der Waals surface area contributed by atoms with Crippen LogP contribution in [-0.2, 0) is 4.79 Å². The van der Waals surface area contributed by atoms with Gasteiger partial charge < -0.3 is 0 Å². The summed E-state index contributed by atoms with van der Waals surface area (Å²) in [6, 6.07) is 0. The first-order chi connectivity index (χ1) is 14.5. The summed E-state index contributed by atoms with van der Waals surface area (Å²) in [5.41, 5.74) is 1.02. The molecule has 0 heterocycles. The second kappa shape index (κ2) is 8.47. The predicted octanol–water partition coefficient (Wildman–Crippen LogP) is 8.70. The van der Waals surface area contributed by atoms with Crippen molar-refractivity contribution >= 4 is 5.78 Å². The van der Waals surface area contributed by atoms with Crippen molar-refractivity contribution in [2.45, 2.75) is 126 Å². The second-order valence-corrected chi connectivity index (χ2v) is 13.9. The molecule has 0 aromatic carbocycles. The molecule has 0 aromatic rings. The molecule has 0 aliphatic heterocycles. The number of hydrogen-bond acceptors (Lipinski definition) is 1. The van der Waals surface area contributed by atoms with Gasteiger partial charge in [-0.15, -0.1) is 0 Å². The molecule has 0 aromatic heterocycles. The average Bonchev–Trinajstić information content (AvgIpc) is 3.08. The summed E-state index contributed by atoms with van der Waals surface area (Å²) in [7, 11) is 0. The fraction of sp³-hybridized carbons (Fsp3) is 0.967. The lowest BCUT2D eigenvalue weighted by atomic mass is 9.44. The topological polar surface area (TPSA) is 17.1 Å². The highest BCUT2D eigenvalue weighted by atomic mass is 16.1. The van der Waals surface area contributed by atoms with Crippen molar-refractivity contribution in [3.8, 4) is 0 Å². The number of carbonyl (C=O) groups excluding carboxylic acids is 1. The minimum atomic E-state index is -0.173. The van der Waals surface area contributed by atoms with E-state index in [9.17, 15) is 4.79 Å². The highest BCUT2D eigenvalue weighted by Gasteiger charge is 2.60. The molecule has 31 heavy (non-hydrogen) atoms. The van der Waals surface area contributed by atoms with Crippen molar-refractivity contribution in [3.63, 3.8) is 0 Å². The van der Waals surface area contributed by atoms with E-state index in [0.29, 0.717) is 28.4 Å². The molecular weight excluding hydrogens is 376 g/mol. The standard InChI is InChI=1S/C30H52O/c1-20(2)28(4,5)27(31)16-11-21(3)24-14-15-25-23-13-12-22-10-8-9-18-29(22,6)26(23)17-19-30(24,25)7/h20-26H,8-19H2,1-7H3/t21-,22+,23+,24-,25+,26+,29+,30-/m1/s1. The maximum absolute atomic E-state index is 12.9. The fourth-order valence-electron chi connectivity index (χ4n) is 9.47. The molecule has 4 saturated carbocycles. The number of ketones is 1. The van der Waals surface area contributed by atoms with Crippen LogP contribution in [0.3, 0.4) is 0 Å². The summed E-state index contributed by atoms with van der Waals surface area (Å²) in [6.45, 7) is 16.6. The summed E-state index contributed by atoms with van der Waals surface area (Å²) in [5.74, 6) is 6.44. The highest BCUT2D eigenvalue weighted by molar-refractivity contribution is 5.84. The normalized spacial score (nSPS) is 43.8. The monoisotopic (exact) mass is 428 g/mol. The first-order valence-corrected chi connectivity index (χ1v) is 14.0. The number of rotatable bonds is 6. The van der Waals surface area contributed by atoms with Crippen molar-refractivity contribution < 1.29 is 4.79 Å². The zero-order valence-electron chi connectivity index (χ0n) is 21.9. The zero-order valence-corrected chi connectivity index (χ0v) is 21.9. The molecule has 0 bridgehead atoms. The average molecular weight is 429 g/mol. The van der Waals surface area contributed by atoms with Crippen molar-refractivity contribution in [1.29, 1.82) is 0 Å². The second-order valence-electron chi connectivity index (χ2n) is 13.9. The number of hydrogen-bond donors (Lipinski definition) is 0. The van der Waals surface area contributed by atoms with E-state index in [2.05, 4.69) is 48.5 Å². The smallest absolute Gasteiger partial charge is 0.138 e. The number of carbonyl (C=O) groups is 1. The largest absolute Gasteiger partial charge is 0.299 e. The van der Waals surface area contributed by atoms with Crippen LogP contribution in [0, 0.1) is 57.7 Å². The van der Waals surface area contributed by atoms with Gasteiger partial charge in [0.2, 0.25) is 0 Å². The summed E-state index contributed by atoms with van der Waals surface area (Å²) in [4.78, 5) is 12.9. The van der Waals surface area contributed by atoms with Crippen LogP contribution in [0.5, 0.6) is 0 Å². The SMILES string of the molecule is CC(C)C(C)(C)C(=O)CC[C@@H](C)[C@H]1CC[C@H]2[C@@H]3CC[C@@H]4CCCC[C@]4(C)[C@H]3CC[C@]12C. The van der Waals surface area contributed by atoms with E-state index >= 15 is 0 Å². The third kappa shape index (κ3) is 3.86. The molecular formula is C30H52O. The lowest BCUT2D eigenvalue weighted by Gasteiger charge is -2.61. The predicted molar refractivity (Wildman–Crippen MR) is 132 cm³/mol. The van der Waals surface area contributed by atoms with Crippen LogP contribution in [-0.4, -0.2) is 5.78 Å². The minimum absolute atomic E-state index is 0.173. The lowest BCUT2D eigenvalue weighted by Crippen LogP contribution is -2.53. The molecule has 0 amide bonds. The maximum atomic E-state index is 12.9. The molecule has 4 aliphatic rings. The van der Waals surface area contributed by atoms with Gasteiger partial charge in [-0.1, -0.05) is 61.3 Å². The Kier molecular flexibility index (Phi) is 6.50. The Hall–Kier alpha value is -0.330. The Morgan fingerprint density at radius 2 is 1.58 bits per heavy atom. The molecule has 4 fully saturated rings. The van der Waals surface area contributed by atoms with Gasteiger partial charge in [-0.3, -0.25) is 4.79 Å². The highest BCUT2D eigenvalue weighted by Crippen LogP contribution is 2.68. The third-order valence-electron chi connectivity index (χ3n) is 12.3. The molecule has 4 aliphatic carbocycles. The van der Waals surface area contributed by atoms with Gasteiger partial charge in [-0.25, -0.2) is 0 Å². The molecule has 0 spiro atoms. The molecule has 0 radical (unpaired) electrons. The molecule has 4 rings (SSSR count). The Morgan fingerprint density at radius 3 is 2.29 bits per heavy atom. The Bertz CT molecular complexity index is 661. The van der Waals surface area contributed by atoms with E-state index in [-0.39, 0.29) is 5.41 Å². The molecule has 1 heteroatoms. The van der Waals surface area contributed by atoms with Gasteiger partial charge in [-0.05, 0) is 110 Å². The van der Waals surface area contributed by atoms with E-state index in [1.807, 2.05) is 0 Å². The molecule has 1 nitrogen and oxygen atoms in total. The van der Waals surface area contributed by atoms with Gasteiger partial charge in [0.05, 0.1) is 0 Å². The maximum Gasteiger partial charge on any atom is 0.138 e. The van der Waals surface area contributed by atoms with Crippen LogP contribution in [0.4, 0.5) is 0 Å².